The number of aliphatic hydroxyl groups is 1. The monoisotopic (exact) mass is 230 g/mol. The summed E-state index contributed by atoms with van der Waals surface area (Å²) in [4.78, 5) is 4.10. The number of hydrogen-bond donors (Lipinski definition) is 2. The molecule has 0 aliphatic rings. The van der Waals surface area contributed by atoms with Crippen LogP contribution >= 0.6 is 11.6 Å². The van der Waals surface area contributed by atoms with E-state index in [1.165, 1.54) is 6.20 Å². The van der Waals surface area contributed by atoms with Crippen LogP contribution in [0.15, 0.2) is 6.20 Å². The molecule has 0 amide bonds. The Bertz CT molecular complexity index is 344. The average molecular weight is 231 g/mol. The molecule has 84 valence electrons. The Hall–Kier alpha value is -0.840. The second-order valence-electron chi connectivity index (χ2n) is 3.22. The average Bonchev–Trinajstić information content (AvgIpc) is 2.18. The first-order valence-corrected chi connectivity index (χ1v) is 5.01. The third-order valence-electron chi connectivity index (χ3n) is 2.18. The number of nitrogens with one attached hydrogen (secondary N) is 1. The molecule has 0 aliphatic carbocycles. The van der Waals surface area contributed by atoms with Crippen molar-refractivity contribution in [1.82, 2.24) is 10.3 Å². The van der Waals surface area contributed by atoms with Gasteiger partial charge < -0.3 is 15.2 Å². The van der Waals surface area contributed by atoms with E-state index in [9.17, 15) is 5.11 Å². The Balaban J connectivity index is 3.09. The van der Waals surface area contributed by atoms with E-state index in [1.807, 2.05) is 6.92 Å². The summed E-state index contributed by atoms with van der Waals surface area (Å²) in [7, 11) is 3.31. The van der Waals surface area contributed by atoms with Gasteiger partial charge in [-0.3, -0.25) is 4.98 Å². The highest BCUT2D eigenvalue weighted by molar-refractivity contribution is 6.32. The minimum atomic E-state index is -0.652. The fraction of sp³-hybridized carbons (Fsp3) is 0.500. The van der Waals surface area contributed by atoms with Crippen LogP contribution < -0.4 is 10.1 Å². The molecule has 1 aromatic rings. The SMILES string of the molecule is CNCC(O)c1ncc(Cl)c(OC)c1C. The number of likely N-dealkylation sites (N-methyl/N-ethyl adjacent to an activating group) is 1. The van der Waals surface area contributed by atoms with E-state index in [0.29, 0.717) is 23.0 Å². The highest BCUT2D eigenvalue weighted by Gasteiger charge is 2.16. The van der Waals surface area contributed by atoms with Gasteiger partial charge in [-0.2, -0.15) is 0 Å². The quantitative estimate of drug-likeness (QED) is 0.819. The smallest absolute Gasteiger partial charge is 0.143 e. The minimum Gasteiger partial charge on any atom is -0.495 e. The molecule has 0 aliphatic heterocycles. The van der Waals surface area contributed by atoms with Gasteiger partial charge in [0.1, 0.15) is 16.9 Å². The molecule has 1 rings (SSSR count). The Morgan fingerprint density at radius 3 is 2.87 bits per heavy atom. The van der Waals surface area contributed by atoms with Crippen molar-refractivity contribution in [2.45, 2.75) is 13.0 Å². The lowest BCUT2D eigenvalue weighted by Gasteiger charge is -2.15. The van der Waals surface area contributed by atoms with Gasteiger partial charge in [0.2, 0.25) is 0 Å². The number of methoxy groups -OCH3 is 1. The normalized spacial score (nSPS) is 12.6. The first kappa shape index (κ1) is 12.2. The third kappa shape index (κ3) is 2.59. The topological polar surface area (TPSA) is 54.4 Å². The van der Waals surface area contributed by atoms with E-state index < -0.39 is 6.10 Å². The largest absolute Gasteiger partial charge is 0.495 e. The van der Waals surface area contributed by atoms with Crippen molar-refractivity contribution in [3.8, 4) is 5.75 Å². The number of nitrogens with zero attached hydrogens (tertiary/aromatic N) is 1. The molecule has 0 saturated heterocycles. The maximum absolute atomic E-state index is 9.79. The summed E-state index contributed by atoms with van der Waals surface area (Å²) in [5, 5.41) is 13.1. The molecule has 0 spiro atoms. The second-order valence-corrected chi connectivity index (χ2v) is 3.63. The predicted octanol–water partition coefficient (Wildman–Crippen LogP) is 1.30. The molecule has 0 fully saturated rings. The van der Waals surface area contributed by atoms with Crippen LogP contribution in [0.4, 0.5) is 0 Å². The van der Waals surface area contributed by atoms with Crippen molar-refractivity contribution >= 4 is 11.6 Å². The van der Waals surface area contributed by atoms with Gasteiger partial charge in [0, 0.05) is 18.3 Å². The van der Waals surface area contributed by atoms with Gasteiger partial charge in [0.25, 0.3) is 0 Å². The third-order valence-corrected chi connectivity index (χ3v) is 2.45. The maximum Gasteiger partial charge on any atom is 0.143 e. The molecule has 1 heterocycles. The lowest BCUT2D eigenvalue weighted by atomic mass is 10.1. The summed E-state index contributed by atoms with van der Waals surface area (Å²) in [6.07, 6.45) is 0.836. The van der Waals surface area contributed by atoms with Crippen molar-refractivity contribution in [2.24, 2.45) is 0 Å². The zero-order valence-corrected chi connectivity index (χ0v) is 9.80. The number of aliphatic hydroxyl groups excluding tert-OH is 1. The van der Waals surface area contributed by atoms with Gasteiger partial charge in [-0.1, -0.05) is 11.6 Å². The summed E-state index contributed by atoms with van der Waals surface area (Å²) >= 11 is 5.90. The van der Waals surface area contributed by atoms with Gasteiger partial charge in [-0.05, 0) is 14.0 Å². The van der Waals surface area contributed by atoms with Crippen molar-refractivity contribution in [2.75, 3.05) is 20.7 Å². The van der Waals surface area contributed by atoms with Crippen molar-refractivity contribution in [3.05, 3.63) is 22.5 Å². The van der Waals surface area contributed by atoms with Gasteiger partial charge in [0.15, 0.2) is 0 Å². The maximum atomic E-state index is 9.79. The van der Waals surface area contributed by atoms with Gasteiger partial charge >= 0.3 is 0 Å². The van der Waals surface area contributed by atoms with Crippen LogP contribution in [-0.4, -0.2) is 30.8 Å². The molecule has 4 nitrogen and oxygen atoms in total. The first-order valence-electron chi connectivity index (χ1n) is 4.63. The molecular weight excluding hydrogens is 216 g/mol. The molecule has 0 aromatic carbocycles. The predicted molar refractivity (Wildman–Crippen MR) is 59.4 cm³/mol. The molecule has 0 radical (unpaired) electrons. The lowest BCUT2D eigenvalue weighted by Crippen LogP contribution is -2.18. The van der Waals surface area contributed by atoms with Crippen molar-refractivity contribution in [1.29, 1.82) is 0 Å². The van der Waals surface area contributed by atoms with Gasteiger partial charge in [0.05, 0.1) is 12.8 Å². The molecule has 1 atom stereocenters. The second kappa shape index (κ2) is 5.30. The van der Waals surface area contributed by atoms with Crippen LogP contribution in [0.1, 0.15) is 17.4 Å². The van der Waals surface area contributed by atoms with E-state index >= 15 is 0 Å². The Morgan fingerprint density at radius 1 is 1.67 bits per heavy atom. The summed E-state index contributed by atoms with van der Waals surface area (Å²) in [5.74, 6) is 0.566. The summed E-state index contributed by atoms with van der Waals surface area (Å²) in [5.41, 5.74) is 1.36. The summed E-state index contributed by atoms with van der Waals surface area (Å²) < 4.78 is 5.14. The zero-order valence-electron chi connectivity index (χ0n) is 9.04. The molecule has 0 saturated carbocycles. The van der Waals surface area contributed by atoms with Crippen molar-refractivity contribution in [3.63, 3.8) is 0 Å². The van der Waals surface area contributed by atoms with E-state index in [-0.39, 0.29) is 0 Å². The molecule has 5 heteroatoms. The van der Waals surface area contributed by atoms with Crippen LogP contribution in [0, 0.1) is 6.92 Å². The number of halogens is 1. The van der Waals surface area contributed by atoms with Crippen molar-refractivity contribution < 1.29 is 9.84 Å². The fourth-order valence-corrected chi connectivity index (χ4v) is 1.72. The van der Waals surface area contributed by atoms with Gasteiger partial charge in [-0.25, -0.2) is 0 Å². The summed E-state index contributed by atoms with van der Waals surface area (Å²) in [6.45, 7) is 2.27. The number of ether oxygens (including phenoxy) is 1. The lowest BCUT2D eigenvalue weighted by molar-refractivity contribution is 0.171. The standard InChI is InChI=1S/C10H15ClN2O2/c1-6-9(8(14)5-12-2)13-4-7(11)10(6)15-3/h4,8,12,14H,5H2,1-3H3. The molecule has 1 aromatic heterocycles. The Labute approximate surface area is 94.2 Å². The van der Waals surface area contributed by atoms with E-state index in [4.69, 9.17) is 16.3 Å². The number of hydrogen-bond acceptors (Lipinski definition) is 4. The molecular formula is C10H15ClN2O2. The van der Waals surface area contributed by atoms with E-state index in [1.54, 1.807) is 14.2 Å². The summed E-state index contributed by atoms with van der Waals surface area (Å²) in [6, 6.07) is 0. The van der Waals surface area contributed by atoms with Crippen LogP contribution in [-0.2, 0) is 0 Å². The zero-order chi connectivity index (χ0) is 11.4. The minimum absolute atomic E-state index is 0.443. The van der Waals surface area contributed by atoms with Crippen LogP contribution in [0.5, 0.6) is 5.75 Å². The van der Waals surface area contributed by atoms with E-state index in [2.05, 4.69) is 10.3 Å². The highest BCUT2D eigenvalue weighted by Crippen LogP contribution is 2.31. The number of pyridine rings is 1. The molecule has 1 unspecified atom stereocenters. The highest BCUT2D eigenvalue weighted by atomic mass is 35.5. The fourth-order valence-electron chi connectivity index (χ4n) is 1.45. The van der Waals surface area contributed by atoms with Gasteiger partial charge in [-0.15, -0.1) is 0 Å². The Morgan fingerprint density at radius 2 is 2.33 bits per heavy atom. The molecule has 2 N–H and O–H groups in total. The molecule has 15 heavy (non-hydrogen) atoms. The van der Waals surface area contributed by atoms with Crippen LogP contribution in [0.25, 0.3) is 0 Å². The number of aromatic nitrogens is 1. The Kier molecular flexibility index (Phi) is 4.32. The number of rotatable bonds is 4. The first-order chi connectivity index (χ1) is 7.11. The molecule has 0 bridgehead atoms. The van der Waals surface area contributed by atoms with E-state index in [0.717, 1.165) is 5.56 Å². The van der Waals surface area contributed by atoms with Crippen LogP contribution in [0.2, 0.25) is 5.02 Å². The van der Waals surface area contributed by atoms with Crippen LogP contribution in [0.3, 0.4) is 0 Å².